The summed E-state index contributed by atoms with van der Waals surface area (Å²) in [6.45, 7) is 0. The first kappa shape index (κ1) is 6.42. The van der Waals surface area contributed by atoms with E-state index >= 15 is 0 Å². The second-order valence-electron chi connectivity index (χ2n) is 1.94. The Morgan fingerprint density at radius 3 is 1.09 bits per heavy atom. The average molecular weight is 175 g/mol. The van der Waals surface area contributed by atoms with Crippen LogP contribution >= 0.6 is 7.26 Å². The van der Waals surface area contributed by atoms with Crippen LogP contribution < -0.4 is 0 Å². The molecule has 2 heterocycles. The van der Waals surface area contributed by atoms with Crippen molar-refractivity contribution in [2.45, 2.75) is 0 Å². The van der Waals surface area contributed by atoms with Gasteiger partial charge in [-0.05, 0) is 0 Å². The topological polar surface area (TPSA) is 86.7 Å². The molecule has 0 aromatic carbocycles. The molecule has 0 aromatic rings. The smallest absolute Gasteiger partial charge is 0.328 e. The van der Waals surface area contributed by atoms with Crippen LogP contribution in [0.2, 0.25) is 0 Å². The fourth-order valence-electron chi connectivity index (χ4n) is 0.792. The molecule has 2 fully saturated rings. The lowest BCUT2D eigenvalue weighted by atomic mass is 11.3. The maximum atomic E-state index is 10.6. The normalized spacial score (nSPS) is 25.5. The molecule has 0 unspecified atom stereocenters. The van der Waals surface area contributed by atoms with Crippen LogP contribution in [0.4, 0.5) is 19.2 Å². The Hall–Kier alpha value is -1.29. The Labute approximate surface area is 59.8 Å². The minimum atomic E-state index is -3.41. The molecule has 1 spiro atoms. The highest BCUT2D eigenvalue weighted by atomic mass is 31.2. The minimum absolute atomic E-state index is 1.02. The fourth-order valence-corrected chi connectivity index (χ4v) is 2.31. The zero-order valence-electron chi connectivity index (χ0n) is 4.90. The van der Waals surface area contributed by atoms with Gasteiger partial charge in [0.2, 0.25) is 0 Å². The lowest BCUT2D eigenvalue weighted by Gasteiger charge is -2.25. The molecular formula is C4O6P+. The van der Waals surface area contributed by atoms with Gasteiger partial charge in [-0.1, -0.05) is 0 Å². The number of carbonyl (C=O) groups excluding carboxylic acids is 4. The van der Waals surface area contributed by atoms with E-state index in [-0.39, 0.29) is 0 Å². The summed E-state index contributed by atoms with van der Waals surface area (Å²) in [6.07, 6.45) is 0. The number of carbonyl (C=O) groups is 4. The SMILES string of the molecule is O=C1OC(=O)[P+]12C(=O)OC2=O. The van der Waals surface area contributed by atoms with Gasteiger partial charge in [-0.25, -0.2) is 19.2 Å². The summed E-state index contributed by atoms with van der Waals surface area (Å²) in [5, 5.41) is 0. The maximum Gasteiger partial charge on any atom is 0.499 e. The van der Waals surface area contributed by atoms with Crippen molar-refractivity contribution in [1.82, 2.24) is 0 Å². The average Bonchev–Trinajstić information content (AvgIpc) is 1.86. The Morgan fingerprint density at radius 2 is 1.00 bits per heavy atom. The summed E-state index contributed by atoms with van der Waals surface area (Å²) in [7, 11) is -3.41. The van der Waals surface area contributed by atoms with Crippen molar-refractivity contribution in [3.05, 3.63) is 0 Å². The summed E-state index contributed by atoms with van der Waals surface area (Å²) in [6, 6.07) is 0. The molecule has 0 radical (unpaired) electrons. The summed E-state index contributed by atoms with van der Waals surface area (Å²) in [5.74, 6) is 0. The van der Waals surface area contributed by atoms with Crippen LogP contribution in [-0.4, -0.2) is 22.8 Å². The van der Waals surface area contributed by atoms with E-state index in [4.69, 9.17) is 0 Å². The van der Waals surface area contributed by atoms with Gasteiger partial charge in [0.1, 0.15) is 0 Å². The van der Waals surface area contributed by atoms with Crippen molar-refractivity contribution in [2.24, 2.45) is 0 Å². The number of hydrogen-bond donors (Lipinski definition) is 0. The van der Waals surface area contributed by atoms with E-state index in [0.717, 1.165) is 0 Å². The van der Waals surface area contributed by atoms with E-state index in [1.165, 1.54) is 0 Å². The highest BCUT2D eigenvalue weighted by Crippen LogP contribution is 2.76. The number of cyclic esters (lactones) is 4. The standard InChI is InChI=1S/C4O6P/c5-1-9-2(6)11(1)3(7)10-4(11)8/q+1. The first-order chi connectivity index (χ1) is 5.10. The molecular weight excluding hydrogens is 175 g/mol. The zero-order chi connectivity index (χ0) is 8.22. The number of rotatable bonds is 0. The van der Waals surface area contributed by atoms with Gasteiger partial charge in [-0.2, -0.15) is 0 Å². The van der Waals surface area contributed by atoms with Gasteiger partial charge in [0.15, 0.2) is 0 Å². The van der Waals surface area contributed by atoms with Gasteiger partial charge < -0.3 is 9.47 Å². The zero-order valence-corrected chi connectivity index (χ0v) is 5.79. The first-order valence-electron chi connectivity index (χ1n) is 2.53. The van der Waals surface area contributed by atoms with Crippen LogP contribution in [0, 0.1) is 0 Å². The predicted octanol–water partition coefficient (Wildman–Crippen LogP) is 1.54. The van der Waals surface area contributed by atoms with Crippen molar-refractivity contribution in [1.29, 1.82) is 0 Å². The summed E-state index contributed by atoms with van der Waals surface area (Å²) >= 11 is 0. The molecule has 7 heteroatoms. The molecule has 0 aromatic heterocycles. The minimum Gasteiger partial charge on any atom is -0.328 e. The highest BCUT2D eigenvalue weighted by Gasteiger charge is 2.92. The maximum absolute atomic E-state index is 10.6. The van der Waals surface area contributed by atoms with Crippen molar-refractivity contribution >= 4 is 30.1 Å². The van der Waals surface area contributed by atoms with Gasteiger partial charge in [-0.3, -0.25) is 0 Å². The van der Waals surface area contributed by atoms with Crippen molar-refractivity contribution in [2.75, 3.05) is 0 Å². The van der Waals surface area contributed by atoms with E-state index < -0.39 is 30.1 Å². The van der Waals surface area contributed by atoms with E-state index in [1.54, 1.807) is 0 Å². The molecule has 56 valence electrons. The third-order valence-electron chi connectivity index (χ3n) is 1.44. The van der Waals surface area contributed by atoms with Crippen LogP contribution in [0.1, 0.15) is 0 Å². The van der Waals surface area contributed by atoms with Crippen LogP contribution in [0.5, 0.6) is 0 Å². The summed E-state index contributed by atoms with van der Waals surface area (Å²) < 4.78 is 7.77. The highest BCUT2D eigenvalue weighted by molar-refractivity contribution is 8.28. The summed E-state index contributed by atoms with van der Waals surface area (Å²) in [5.41, 5.74) is -4.10. The van der Waals surface area contributed by atoms with Gasteiger partial charge in [0, 0.05) is 0 Å². The van der Waals surface area contributed by atoms with Gasteiger partial charge in [-0.15, -0.1) is 0 Å². The molecule has 0 aliphatic carbocycles. The lowest BCUT2D eigenvalue weighted by Crippen LogP contribution is -2.47. The number of ether oxygens (including phenoxy) is 2. The summed E-state index contributed by atoms with van der Waals surface area (Å²) in [4.78, 5) is 42.2. The van der Waals surface area contributed by atoms with E-state index in [0.29, 0.717) is 0 Å². The van der Waals surface area contributed by atoms with Gasteiger partial charge >= 0.3 is 30.1 Å². The van der Waals surface area contributed by atoms with Gasteiger partial charge in [0.05, 0.1) is 0 Å². The molecule has 0 amide bonds. The van der Waals surface area contributed by atoms with Gasteiger partial charge in [0.25, 0.3) is 0 Å². The van der Waals surface area contributed by atoms with E-state index in [9.17, 15) is 19.2 Å². The molecule has 11 heavy (non-hydrogen) atoms. The molecule has 2 rings (SSSR count). The molecule has 0 saturated carbocycles. The van der Waals surface area contributed by atoms with Crippen LogP contribution in [0.3, 0.4) is 0 Å². The Bertz CT molecular complexity index is 253. The molecule has 0 bridgehead atoms. The van der Waals surface area contributed by atoms with Crippen LogP contribution in [-0.2, 0) is 9.47 Å². The Balaban J connectivity index is 2.49. The third kappa shape index (κ3) is 0.416. The fraction of sp³-hybridized carbons (Fsp3) is 0. The van der Waals surface area contributed by atoms with Crippen LogP contribution in [0.25, 0.3) is 0 Å². The Morgan fingerprint density at radius 1 is 0.727 bits per heavy atom. The molecule has 6 nitrogen and oxygen atoms in total. The molecule has 2 aliphatic rings. The van der Waals surface area contributed by atoms with E-state index in [1.807, 2.05) is 0 Å². The van der Waals surface area contributed by atoms with Crippen molar-refractivity contribution in [3.63, 3.8) is 0 Å². The molecule has 2 saturated heterocycles. The second-order valence-corrected chi connectivity index (χ2v) is 4.74. The number of hydrogen-bond acceptors (Lipinski definition) is 6. The van der Waals surface area contributed by atoms with Crippen molar-refractivity contribution < 1.29 is 28.7 Å². The second kappa shape index (κ2) is 1.48. The Kier molecular flexibility index (Phi) is 0.864. The molecule has 0 atom stereocenters. The quantitative estimate of drug-likeness (QED) is 0.409. The van der Waals surface area contributed by atoms with Crippen molar-refractivity contribution in [3.8, 4) is 0 Å². The first-order valence-corrected chi connectivity index (χ1v) is 4.32. The lowest BCUT2D eigenvalue weighted by molar-refractivity contribution is 0.156. The van der Waals surface area contributed by atoms with E-state index in [2.05, 4.69) is 9.47 Å². The molecule has 2 aliphatic heterocycles. The van der Waals surface area contributed by atoms with Crippen LogP contribution in [0.15, 0.2) is 0 Å². The monoisotopic (exact) mass is 175 g/mol. The largest absolute Gasteiger partial charge is 0.499 e. The predicted molar refractivity (Wildman–Crippen MR) is 30.7 cm³/mol. The molecule has 0 N–H and O–H groups in total. The third-order valence-corrected chi connectivity index (χ3v) is 4.00.